The third-order valence-corrected chi connectivity index (χ3v) is 4.26. The predicted octanol–water partition coefficient (Wildman–Crippen LogP) is 1.73. The Labute approximate surface area is 147 Å². The van der Waals surface area contributed by atoms with E-state index in [1.807, 2.05) is 0 Å². The maximum absolute atomic E-state index is 12.3. The highest BCUT2D eigenvalue weighted by Crippen LogP contribution is 2.18. The standard InChI is InChI=1S/C18H24N2O5/c1-25-14-9-7-13(8-10-14)17(18(23)24)19-15(21)12-20-11-5-3-2-4-6-16(20)22/h7-10,17H,2-6,11-12H2,1H3,(H,19,21)(H,23,24). The van der Waals surface area contributed by atoms with Crippen LogP contribution in [0.1, 0.15) is 43.7 Å². The molecule has 2 rings (SSSR count). The van der Waals surface area contributed by atoms with Crippen LogP contribution < -0.4 is 10.1 Å². The van der Waals surface area contributed by atoms with Gasteiger partial charge in [-0.15, -0.1) is 0 Å². The Morgan fingerprint density at radius 2 is 1.88 bits per heavy atom. The first-order chi connectivity index (χ1) is 12.0. The molecule has 1 aliphatic rings. The van der Waals surface area contributed by atoms with Gasteiger partial charge < -0.3 is 20.1 Å². The van der Waals surface area contributed by atoms with Crippen LogP contribution in [0, 0.1) is 0 Å². The van der Waals surface area contributed by atoms with Crippen LogP contribution in [0.25, 0.3) is 0 Å². The fourth-order valence-electron chi connectivity index (χ4n) is 2.85. The Bertz CT molecular complexity index is 614. The van der Waals surface area contributed by atoms with Crippen LogP contribution in [0.3, 0.4) is 0 Å². The Morgan fingerprint density at radius 3 is 2.52 bits per heavy atom. The summed E-state index contributed by atoms with van der Waals surface area (Å²) in [6, 6.07) is 5.31. The molecular weight excluding hydrogens is 324 g/mol. The lowest BCUT2D eigenvalue weighted by Crippen LogP contribution is -2.44. The summed E-state index contributed by atoms with van der Waals surface area (Å²) in [5.74, 6) is -1.08. The van der Waals surface area contributed by atoms with Gasteiger partial charge in [0.2, 0.25) is 11.8 Å². The fourth-order valence-corrected chi connectivity index (χ4v) is 2.85. The second kappa shape index (κ2) is 9.05. The van der Waals surface area contributed by atoms with Gasteiger partial charge >= 0.3 is 5.97 Å². The minimum absolute atomic E-state index is 0.0498. The van der Waals surface area contributed by atoms with Crippen molar-refractivity contribution >= 4 is 17.8 Å². The van der Waals surface area contributed by atoms with Gasteiger partial charge in [-0.2, -0.15) is 0 Å². The predicted molar refractivity (Wildman–Crippen MR) is 91.2 cm³/mol. The van der Waals surface area contributed by atoms with E-state index in [0.717, 1.165) is 25.7 Å². The van der Waals surface area contributed by atoms with Gasteiger partial charge in [0.05, 0.1) is 13.7 Å². The van der Waals surface area contributed by atoms with E-state index in [9.17, 15) is 19.5 Å². The molecule has 0 saturated carbocycles. The summed E-state index contributed by atoms with van der Waals surface area (Å²) in [6.07, 6.45) is 4.20. The number of ether oxygens (including phenoxy) is 1. The fraction of sp³-hybridized carbons (Fsp3) is 0.500. The number of rotatable bonds is 6. The zero-order chi connectivity index (χ0) is 18.2. The van der Waals surface area contributed by atoms with E-state index in [1.54, 1.807) is 24.3 Å². The number of hydrogen-bond donors (Lipinski definition) is 2. The van der Waals surface area contributed by atoms with E-state index in [-0.39, 0.29) is 12.5 Å². The average Bonchev–Trinajstić information content (AvgIpc) is 2.59. The topological polar surface area (TPSA) is 95.9 Å². The number of hydrogen-bond acceptors (Lipinski definition) is 4. The van der Waals surface area contributed by atoms with Crippen molar-refractivity contribution in [3.63, 3.8) is 0 Å². The molecule has 1 unspecified atom stereocenters. The van der Waals surface area contributed by atoms with Gasteiger partial charge in [-0.05, 0) is 30.5 Å². The molecule has 0 bridgehead atoms. The SMILES string of the molecule is COc1ccc(C(NC(=O)CN2CCCCCCC2=O)C(=O)O)cc1. The minimum atomic E-state index is -1.16. The largest absolute Gasteiger partial charge is 0.497 e. The number of carboxylic acid groups (broad SMARTS) is 1. The van der Waals surface area contributed by atoms with Crippen LogP contribution in [-0.4, -0.2) is 48.0 Å². The number of methoxy groups -OCH3 is 1. The lowest BCUT2D eigenvalue weighted by atomic mass is 10.1. The van der Waals surface area contributed by atoms with Crippen LogP contribution >= 0.6 is 0 Å². The van der Waals surface area contributed by atoms with Gasteiger partial charge in [-0.1, -0.05) is 25.0 Å². The van der Waals surface area contributed by atoms with Crippen LogP contribution in [0.2, 0.25) is 0 Å². The van der Waals surface area contributed by atoms with Crippen LogP contribution in [0.5, 0.6) is 5.75 Å². The molecule has 7 nitrogen and oxygen atoms in total. The molecule has 136 valence electrons. The van der Waals surface area contributed by atoms with Gasteiger partial charge in [0.1, 0.15) is 5.75 Å². The Hall–Kier alpha value is -2.57. The van der Waals surface area contributed by atoms with Crippen molar-refractivity contribution in [2.75, 3.05) is 20.2 Å². The normalized spacial score (nSPS) is 16.5. The molecule has 2 amide bonds. The van der Waals surface area contributed by atoms with Crippen molar-refractivity contribution in [2.24, 2.45) is 0 Å². The smallest absolute Gasteiger partial charge is 0.330 e. The van der Waals surface area contributed by atoms with E-state index in [1.165, 1.54) is 12.0 Å². The van der Waals surface area contributed by atoms with Crippen molar-refractivity contribution in [3.8, 4) is 5.75 Å². The Balaban J connectivity index is 2.01. The second-order valence-corrected chi connectivity index (χ2v) is 6.09. The van der Waals surface area contributed by atoms with Crippen molar-refractivity contribution in [2.45, 2.75) is 38.1 Å². The highest BCUT2D eigenvalue weighted by Gasteiger charge is 2.24. The number of amides is 2. The summed E-state index contributed by atoms with van der Waals surface area (Å²) in [4.78, 5) is 37.4. The van der Waals surface area contributed by atoms with E-state index in [0.29, 0.717) is 24.3 Å². The third-order valence-electron chi connectivity index (χ3n) is 4.26. The number of nitrogens with zero attached hydrogens (tertiary/aromatic N) is 1. The summed E-state index contributed by atoms with van der Waals surface area (Å²) in [5.41, 5.74) is 0.445. The number of benzene rings is 1. The number of aliphatic carboxylic acids is 1. The summed E-state index contributed by atoms with van der Waals surface area (Å²) in [6.45, 7) is 0.422. The van der Waals surface area contributed by atoms with Crippen molar-refractivity contribution < 1.29 is 24.2 Å². The molecule has 1 heterocycles. The van der Waals surface area contributed by atoms with Gasteiger partial charge in [0.15, 0.2) is 6.04 Å². The molecule has 1 aromatic carbocycles. The van der Waals surface area contributed by atoms with Crippen LogP contribution in [0.4, 0.5) is 0 Å². The third kappa shape index (κ3) is 5.48. The molecule has 0 spiro atoms. The highest BCUT2D eigenvalue weighted by atomic mass is 16.5. The van der Waals surface area contributed by atoms with Gasteiger partial charge in [0.25, 0.3) is 0 Å². The van der Waals surface area contributed by atoms with Crippen molar-refractivity contribution in [3.05, 3.63) is 29.8 Å². The number of carbonyl (C=O) groups excluding carboxylic acids is 2. The molecule has 0 radical (unpaired) electrons. The first kappa shape index (κ1) is 18.8. The van der Waals surface area contributed by atoms with E-state index in [4.69, 9.17) is 4.74 Å². The van der Waals surface area contributed by atoms with Crippen LogP contribution in [-0.2, 0) is 14.4 Å². The molecular formula is C18H24N2O5. The van der Waals surface area contributed by atoms with E-state index >= 15 is 0 Å². The lowest BCUT2D eigenvalue weighted by Gasteiger charge is -2.25. The van der Waals surface area contributed by atoms with Gasteiger partial charge in [-0.25, -0.2) is 4.79 Å². The quantitative estimate of drug-likeness (QED) is 0.816. The first-order valence-corrected chi connectivity index (χ1v) is 8.45. The molecule has 7 heteroatoms. The summed E-state index contributed by atoms with van der Waals surface area (Å²) in [5, 5.41) is 11.9. The summed E-state index contributed by atoms with van der Waals surface area (Å²) < 4.78 is 5.05. The van der Waals surface area contributed by atoms with E-state index in [2.05, 4.69) is 5.32 Å². The molecule has 0 aliphatic carbocycles. The molecule has 1 aliphatic heterocycles. The average molecular weight is 348 g/mol. The molecule has 2 N–H and O–H groups in total. The molecule has 1 aromatic rings. The molecule has 0 aromatic heterocycles. The Morgan fingerprint density at radius 1 is 1.20 bits per heavy atom. The molecule has 25 heavy (non-hydrogen) atoms. The first-order valence-electron chi connectivity index (χ1n) is 8.45. The molecule has 1 fully saturated rings. The van der Waals surface area contributed by atoms with Crippen LogP contribution in [0.15, 0.2) is 24.3 Å². The van der Waals surface area contributed by atoms with Crippen molar-refractivity contribution in [1.29, 1.82) is 0 Å². The van der Waals surface area contributed by atoms with Gasteiger partial charge in [0, 0.05) is 13.0 Å². The lowest BCUT2D eigenvalue weighted by molar-refractivity contribution is -0.143. The minimum Gasteiger partial charge on any atom is -0.497 e. The van der Waals surface area contributed by atoms with Gasteiger partial charge in [-0.3, -0.25) is 9.59 Å². The monoisotopic (exact) mass is 348 g/mol. The molecule has 1 atom stereocenters. The zero-order valence-corrected chi connectivity index (χ0v) is 14.4. The number of likely N-dealkylation sites (tertiary alicyclic amines) is 1. The number of carbonyl (C=O) groups is 3. The van der Waals surface area contributed by atoms with Crippen molar-refractivity contribution in [1.82, 2.24) is 10.2 Å². The number of nitrogens with one attached hydrogen (secondary N) is 1. The zero-order valence-electron chi connectivity index (χ0n) is 14.4. The van der Waals surface area contributed by atoms with E-state index < -0.39 is 17.9 Å². The summed E-state index contributed by atoms with van der Waals surface area (Å²) in [7, 11) is 1.52. The summed E-state index contributed by atoms with van der Waals surface area (Å²) >= 11 is 0. The highest BCUT2D eigenvalue weighted by molar-refractivity contribution is 5.88. The molecule has 1 saturated heterocycles. The second-order valence-electron chi connectivity index (χ2n) is 6.09. The Kier molecular flexibility index (Phi) is 6.80. The maximum Gasteiger partial charge on any atom is 0.330 e. The number of carboxylic acids is 1. The maximum atomic E-state index is 12.3.